The Morgan fingerprint density at radius 2 is 1.92 bits per heavy atom. The summed E-state index contributed by atoms with van der Waals surface area (Å²) >= 11 is 0. The Bertz CT molecular complexity index is 189. The maximum atomic E-state index is 11.2. The molecular formula is C9H17NO3. The molecule has 0 rings (SSSR count). The van der Waals surface area contributed by atoms with Crippen LogP contribution in [-0.4, -0.2) is 18.5 Å². The third-order valence-electron chi connectivity index (χ3n) is 1.62. The Labute approximate surface area is 78.4 Å². The highest BCUT2D eigenvalue weighted by molar-refractivity contribution is 5.96. The SMILES string of the molecule is CCOC(=O)C(CC(C)C)C(N)=O. The number of hydrogen-bond donors (Lipinski definition) is 1. The van der Waals surface area contributed by atoms with Gasteiger partial charge in [0.15, 0.2) is 0 Å². The molecule has 0 aromatic rings. The van der Waals surface area contributed by atoms with Gasteiger partial charge >= 0.3 is 5.97 Å². The number of primary amides is 1. The number of nitrogens with two attached hydrogens (primary N) is 1. The van der Waals surface area contributed by atoms with Crippen LogP contribution in [0.15, 0.2) is 0 Å². The molecule has 0 heterocycles. The zero-order valence-electron chi connectivity index (χ0n) is 8.37. The molecule has 76 valence electrons. The fourth-order valence-electron chi connectivity index (χ4n) is 1.04. The standard InChI is InChI=1S/C9H17NO3/c1-4-13-9(12)7(8(10)11)5-6(2)3/h6-7H,4-5H2,1-3H3,(H2,10,11). The average molecular weight is 187 g/mol. The first-order valence-corrected chi connectivity index (χ1v) is 4.45. The topological polar surface area (TPSA) is 69.4 Å². The van der Waals surface area contributed by atoms with Gasteiger partial charge in [-0.15, -0.1) is 0 Å². The van der Waals surface area contributed by atoms with Crippen molar-refractivity contribution in [1.82, 2.24) is 0 Å². The van der Waals surface area contributed by atoms with Gasteiger partial charge in [0.05, 0.1) is 6.61 Å². The number of carbonyl (C=O) groups is 2. The molecule has 0 saturated carbocycles. The molecule has 13 heavy (non-hydrogen) atoms. The van der Waals surface area contributed by atoms with Crippen molar-refractivity contribution in [3.63, 3.8) is 0 Å². The van der Waals surface area contributed by atoms with Crippen LogP contribution in [0.4, 0.5) is 0 Å². The first-order chi connectivity index (χ1) is 5.99. The molecule has 0 aromatic carbocycles. The van der Waals surface area contributed by atoms with Gasteiger partial charge in [0.1, 0.15) is 5.92 Å². The lowest BCUT2D eigenvalue weighted by Crippen LogP contribution is -2.32. The van der Waals surface area contributed by atoms with Gasteiger partial charge in [0, 0.05) is 0 Å². The van der Waals surface area contributed by atoms with E-state index in [2.05, 4.69) is 0 Å². The molecule has 2 N–H and O–H groups in total. The lowest BCUT2D eigenvalue weighted by molar-refractivity contribution is -0.152. The second kappa shape index (κ2) is 5.56. The molecular weight excluding hydrogens is 170 g/mol. The summed E-state index contributed by atoms with van der Waals surface area (Å²) in [5.74, 6) is -1.65. The smallest absolute Gasteiger partial charge is 0.318 e. The Morgan fingerprint density at radius 3 is 2.23 bits per heavy atom. The van der Waals surface area contributed by atoms with Crippen LogP contribution in [-0.2, 0) is 14.3 Å². The van der Waals surface area contributed by atoms with Crippen LogP contribution in [0.3, 0.4) is 0 Å². The van der Waals surface area contributed by atoms with Crippen LogP contribution in [0.2, 0.25) is 0 Å². The maximum Gasteiger partial charge on any atom is 0.318 e. The quantitative estimate of drug-likeness (QED) is 0.508. The van der Waals surface area contributed by atoms with Crippen molar-refractivity contribution in [3.8, 4) is 0 Å². The van der Waals surface area contributed by atoms with E-state index in [-0.39, 0.29) is 12.5 Å². The molecule has 0 fully saturated rings. The van der Waals surface area contributed by atoms with Crippen LogP contribution in [0.25, 0.3) is 0 Å². The third-order valence-corrected chi connectivity index (χ3v) is 1.62. The highest BCUT2D eigenvalue weighted by Crippen LogP contribution is 2.12. The molecule has 0 aliphatic carbocycles. The van der Waals surface area contributed by atoms with Gasteiger partial charge in [0.25, 0.3) is 0 Å². The number of carbonyl (C=O) groups excluding carboxylic acids is 2. The van der Waals surface area contributed by atoms with E-state index in [1.54, 1.807) is 6.92 Å². The van der Waals surface area contributed by atoms with E-state index in [4.69, 9.17) is 10.5 Å². The summed E-state index contributed by atoms with van der Waals surface area (Å²) in [4.78, 5) is 22.1. The Hall–Kier alpha value is -1.06. The number of rotatable bonds is 5. The number of esters is 1. The predicted octanol–water partition coefficient (Wildman–Crippen LogP) is 0.697. The normalized spacial score (nSPS) is 12.6. The number of amides is 1. The third kappa shape index (κ3) is 4.50. The maximum absolute atomic E-state index is 11.2. The first-order valence-electron chi connectivity index (χ1n) is 4.45. The van der Waals surface area contributed by atoms with Gasteiger partial charge in [-0.25, -0.2) is 0 Å². The van der Waals surface area contributed by atoms with E-state index in [1.807, 2.05) is 13.8 Å². The monoisotopic (exact) mass is 187 g/mol. The number of ether oxygens (including phenoxy) is 1. The van der Waals surface area contributed by atoms with E-state index in [0.29, 0.717) is 6.42 Å². The molecule has 0 aromatic heterocycles. The molecule has 1 amide bonds. The van der Waals surface area contributed by atoms with Gasteiger partial charge in [-0.1, -0.05) is 13.8 Å². The van der Waals surface area contributed by atoms with Crippen molar-refractivity contribution in [2.45, 2.75) is 27.2 Å². The largest absolute Gasteiger partial charge is 0.465 e. The fourth-order valence-corrected chi connectivity index (χ4v) is 1.04. The minimum Gasteiger partial charge on any atom is -0.465 e. The number of hydrogen-bond acceptors (Lipinski definition) is 3. The molecule has 1 atom stereocenters. The minimum absolute atomic E-state index is 0.252. The summed E-state index contributed by atoms with van der Waals surface area (Å²) in [6, 6.07) is 0. The lowest BCUT2D eigenvalue weighted by Gasteiger charge is -2.13. The zero-order valence-corrected chi connectivity index (χ0v) is 8.37. The van der Waals surface area contributed by atoms with Gasteiger partial charge in [-0.3, -0.25) is 9.59 Å². The second-order valence-electron chi connectivity index (χ2n) is 3.34. The summed E-state index contributed by atoms with van der Waals surface area (Å²) in [6.45, 7) is 5.83. The van der Waals surface area contributed by atoms with Crippen molar-refractivity contribution in [2.24, 2.45) is 17.6 Å². The van der Waals surface area contributed by atoms with Crippen LogP contribution in [0.1, 0.15) is 27.2 Å². The molecule has 4 heteroatoms. The van der Waals surface area contributed by atoms with Crippen molar-refractivity contribution in [2.75, 3.05) is 6.61 Å². The summed E-state index contributed by atoms with van der Waals surface area (Å²) in [5.41, 5.74) is 5.08. The van der Waals surface area contributed by atoms with E-state index < -0.39 is 17.8 Å². The zero-order chi connectivity index (χ0) is 10.4. The molecule has 1 unspecified atom stereocenters. The van der Waals surface area contributed by atoms with Crippen LogP contribution in [0.5, 0.6) is 0 Å². The van der Waals surface area contributed by atoms with Gasteiger partial charge in [0.2, 0.25) is 5.91 Å². The van der Waals surface area contributed by atoms with Crippen molar-refractivity contribution in [1.29, 1.82) is 0 Å². The first kappa shape index (κ1) is 11.9. The summed E-state index contributed by atoms with van der Waals surface area (Å²) < 4.78 is 4.73. The van der Waals surface area contributed by atoms with E-state index >= 15 is 0 Å². The lowest BCUT2D eigenvalue weighted by atomic mass is 9.97. The van der Waals surface area contributed by atoms with E-state index in [1.165, 1.54) is 0 Å². The summed E-state index contributed by atoms with van der Waals surface area (Å²) in [7, 11) is 0. The van der Waals surface area contributed by atoms with E-state index in [0.717, 1.165) is 0 Å². The summed E-state index contributed by atoms with van der Waals surface area (Å²) in [6.07, 6.45) is 0.453. The van der Waals surface area contributed by atoms with Crippen LogP contribution < -0.4 is 5.73 Å². The highest BCUT2D eigenvalue weighted by atomic mass is 16.5. The average Bonchev–Trinajstić information content (AvgIpc) is 1.99. The second-order valence-corrected chi connectivity index (χ2v) is 3.34. The Kier molecular flexibility index (Phi) is 5.11. The molecule has 0 bridgehead atoms. The van der Waals surface area contributed by atoms with Crippen molar-refractivity contribution < 1.29 is 14.3 Å². The summed E-state index contributed by atoms with van der Waals surface area (Å²) in [5, 5.41) is 0. The van der Waals surface area contributed by atoms with Gasteiger partial charge < -0.3 is 10.5 Å². The predicted molar refractivity (Wildman–Crippen MR) is 48.8 cm³/mol. The van der Waals surface area contributed by atoms with Crippen LogP contribution >= 0.6 is 0 Å². The van der Waals surface area contributed by atoms with Gasteiger partial charge in [-0.2, -0.15) is 0 Å². The van der Waals surface area contributed by atoms with Crippen molar-refractivity contribution >= 4 is 11.9 Å². The van der Waals surface area contributed by atoms with E-state index in [9.17, 15) is 9.59 Å². The Morgan fingerprint density at radius 1 is 1.38 bits per heavy atom. The molecule has 4 nitrogen and oxygen atoms in total. The molecule has 0 aliphatic heterocycles. The fraction of sp³-hybridized carbons (Fsp3) is 0.778. The molecule has 0 radical (unpaired) electrons. The minimum atomic E-state index is -0.792. The highest BCUT2D eigenvalue weighted by Gasteiger charge is 2.26. The molecule has 0 saturated heterocycles. The molecule has 0 spiro atoms. The van der Waals surface area contributed by atoms with Gasteiger partial charge in [-0.05, 0) is 19.3 Å². The Balaban J connectivity index is 4.24. The van der Waals surface area contributed by atoms with Crippen molar-refractivity contribution in [3.05, 3.63) is 0 Å². The van der Waals surface area contributed by atoms with Crippen LogP contribution in [0, 0.1) is 11.8 Å². The molecule has 0 aliphatic rings.